The minimum atomic E-state index is -0.353. The van der Waals surface area contributed by atoms with Crippen LogP contribution >= 0.6 is 11.3 Å². The number of amides is 2. The van der Waals surface area contributed by atoms with E-state index in [1.165, 1.54) is 17.6 Å². The molecule has 2 amide bonds. The number of benzene rings is 2. The average molecular weight is 407 g/mol. The molecule has 0 saturated heterocycles. The zero-order chi connectivity index (χ0) is 20.1. The number of ether oxygens (including phenoxy) is 1. The Morgan fingerprint density at radius 2 is 1.90 bits per heavy atom. The van der Waals surface area contributed by atoms with E-state index in [9.17, 15) is 9.59 Å². The first-order valence-corrected chi connectivity index (χ1v) is 9.74. The number of hydrogen-bond acceptors (Lipinski definition) is 6. The average Bonchev–Trinajstić information content (AvgIpc) is 3.38. The summed E-state index contributed by atoms with van der Waals surface area (Å²) in [6.45, 7) is 0.200. The van der Waals surface area contributed by atoms with Gasteiger partial charge in [0.15, 0.2) is 10.9 Å². The summed E-state index contributed by atoms with van der Waals surface area (Å²) in [5.74, 6) is 1.08. The summed E-state index contributed by atoms with van der Waals surface area (Å²) in [6.07, 6.45) is 1.55. The molecule has 0 radical (unpaired) electrons. The number of aromatic nitrogens is 1. The topological polar surface area (TPSA) is 93.5 Å². The maximum absolute atomic E-state index is 12.1. The molecule has 0 atom stereocenters. The number of carbonyl (C=O) groups is 2. The number of para-hydroxylation sites is 1. The molecule has 0 aliphatic carbocycles. The number of nitrogens with zero attached hydrogens (tertiary/aromatic N) is 1. The van der Waals surface area contributed by atoms with Gasteiger partial charge in [0.25, 0.3) is 5.91 Å². The van der Waals surface area contributed by atoms with Crippen LogP contribution in [-0.2, 0) is 4.79 Å². The van der Waals surface area contributed by atoms with Crippen molar-refractivity contribution in [2.75, 3.05) is 11.9 Å². The van der Waals surface area contributed by atoms with E-state index in [1.54, 1.807) is 12.1 Å². The SMILES string of the molecule is O=C(CCNC(=O)c1ccco1)Nc1nc2ccc(Oc3ccccc3)cc2s1. The fourth-order valence-corrected chi connectivity index (χ4v) is 3.52. The van der Waals surface area contributed by atoms with Crippen LogP contribution in [0.4, 0.5) is 5.13 Å². The molecule has 2 aromatic carbocycles. The van der Waals surface area contributed by atoms with Crippen molar-refractivity contribution in [3.8, 4) is 11.5 Å². The standard InChI is InChI=1S/C21H17N3O4S/c25-19(10-11-22-20(26)17-7-4-12-27-17)24-21-23-16-9-8-15(13-18(16)29-21)28-14-5-2-1-3-6-14/h1-9,12-13H,10-11H2,(H,22,26)(H,23,24,25). The highest BCUT2D eigenvalue weighted by atomic mass is 32.1. The van der Waals surface area contributed by atoms with E-state index in [-0.39, 0.29) is 30.5 Å². The van der Waals surface area contributed by atoms with Gasteiger partial charge in [0, 0.05) is 19.0 Å². The van der Waals surface area contributed by atoms with Gasteiger partial charge in [-0.05, 0) is 36.4 Å². The van der Waals surface area contributed by atoms with E-state index in [0.29, 0.717) is 10.9 Å². The molecule has 2 N–H and O–H groups in total. The summed E-state index contributed by atoms with van der Waals surface area (Å²) in [5.41, 5.74) is 0.775. The quantitative estimate of drug-likeness (QED) is 0.472. The third-order valence-corrected chi connectivity index (χ3v) is 4.90. The Hall–Kier alpha value is -3.65. The summed E-state index contributed by atoms with van der Waals surface area (Å²) in [5, 5.41) is 5.89. The molecule has 8 heteroatoms. The molecule has 29 heavy (non-hydrogen) atoms. The molecule has 0 fully saturated rings. The van der Waals surface area contributed by atoms with Gasteiger partial charge in [-0.1, -0.05) is 29.5 Å². The van der Waals surface area contributed by atoms with E-state index < -0.39 is 0 Å². The highest BCUT2D eigenvalue weighted by Gasteiger charge is 2.11. The van der Waals surface area contributed by atoms with Gasteiger partial charge in [-0.2, -0.15) is 0 Å². The zero-order valence-electron chi connectivity index (χ0n) is 15.3. The number of nitrogens with one attached hydrogen (secondary N) is 2. The normalized spacial score (nSPS) is 10.6. The molecule has 2 heterocycles. The maximum Gasteiger partial charge on any atom is 0.286 e. The Balaban J connectivity index is 1.33. The van der Waals surface area contributed by atoms with Gasteiger partial charge in [0.05, 0.1) is 16.5 Å². The molecule has 0 unspecified atom stereocenters. The number of fused-ring (bicyclic) bond motifs is 1. The highest BCUT2D eigenvalue weighted by molar-refractivity contribution is 7.22. The van der Waals surface area contributed by atoms with Gasteiger partial charge in [0.1, 0.15) is 11.5 Å². The van der Waals surface area contributed by atoms with Gasteiger partial charge in [-0.3, -0.25) is 9.59 Å². The van der Waals surface area contributed by atoms with Crippen LogP contribution in [0.25, 0.3) is 10.2 Å². The van der Waals surface area contributed by atoms with Crippen molar-refractivity contribution in [3.05, 3.63) is 72.7 Å². The van der Waals surface area contributed by atoms with Crippen molar-refractivity contribution in [2.24, 2.45) is 0 Å². The summed E-state index contributed by atoms with van der Waals surface area (Å²) < 4.78 is 11.7. The van der Waals surface area contributed by atoms with Crippen LogP contribution in [0.3, 0.4) is 0 Å². The van der Waals surface area contributed by atoms with E-state index in [2.05, 4.69) is 15.6 Å². The van der Waals surface area contributed by atoms with Crippen LogP contribution in [0, 0.1) is 0 Å². The Labute approximate surface area is 170 Å². The molecule has 0 aliphatic rings. The van der Waals surface area contributed by atoms with Crippen LogP contribution < -0.4 is 15.4 Å². The summed E-state index contributed by atoms with van der Waals surface area (Å²) in [6, 6.07) is 18.3. The van der Waals surface area contributed by atoms with E-state index in [1.807, 2.05) is 48.5 Å². The van der Waals surface area contributed by atoms with Gasteiger partial charge >= 0.3 is 0 Å². The number of anilines is 1. The Morgan fingerprint density at radius 1 is 1.03 bits per heavy atom. The lowest BCUT2D eigenvalue weighted by atomic mass is 10.3. The fourth-order valence-electron chi connectivity index (χ4n) is 2.61. The summed E-state index contributed by atoms with van der Waals surface area (Å²) in [7, 11) is 0. The molecule has 146 valence electrons. The van der Waals surface area contributed by atoms with Crippen molar-refractivity contribution in [2.45, 2.75) is 6.42 Å². The largest absolute Gasteiger partial charge is 0.459 e. The molecule has 0 spiro atoms. The predicted octanol–water partition coefficient (Wildman–Crippen LogP) is 4.44. The second kappa shape index (κ2) is 8.57. The van der Waals surface area contributed by atoms with Crippen molar-refractivity contribution >= 4 is 38.5 Å². The second-order valence-corrected chi connectivity index (χ2v) is 7.13. The number of thiazole rings is 1. The van der Waals surface area contributed by atoms with E-state index in [4.69, 9.17) is 9.15 Å². The van der Waals surface area contributed by atoms with Gasteiger partial charge in [-0.15, -0.1) is 0 Å². The van der Waals surface area contributed by atoms with Gasteiger partial charge in [0.2, 0.25) is 5.91 Å². The van der Waals surface area contributed by atoms with Crippen LogP contribution in [0.2, 0.25) is 0 Å². The number of furan rings is 1. The Morgan fingerprint density at radius 3 is 2.69 bits per heavy atom. The van der Waals surface area contributed by atoms with Crippen molar-refractivity contribution in [3.63, 3.8) is 0 Å². The number of carbonyl (C=O) groups excluding carboxylic acids is 2. The minimum Gasteiger partial charge on any atom is -0.459 e. The molecule has 0 saturated carbocycles. The molecule has 4 aromatic rings. The Kier molecular flexibility index (Phi) is 5.53. The molecule has 7 nitrogen and oxygen atoms in total. The van der Waals surface area contributed by atoms with E-state index >= 15 is 0 Å². The molecule has 0 bridgehead atoms. The first-order chi connectivity index (χ1) is 14.2. The third kappa shape index (κ3) is 4.80. The van der Waals surface area contributed by atoms with Gasteiger partial charge < -0.3 is 19.8 Å². The first-order valence-electron chi connectivity index (χ1n) is 8.92. The zero-order valence-corrected chi connectivity index (χ0v) is 16.1. The van der Waals surface area contributed by atoms with E-state index in [0.717, 1.165) is 16.0 Å². The monoisotopic (exact) mass is 407 g/mol. The number of hydrogen-bond donors (Lipinski definition) is 2. The highest BCUT2D eigenvalue weighted by Crippen LogP contribution is 2.31. The van der Waals surface area contributed by atoms with Crippen LogP contribution in [0.5, 0.6) is 11.5 Å². The molecule has 4 rings (SSSR count). The second-order valence-electron chi connectivity index (χ2n) is 6.10. The first kappa shape index (κ1) is 18.7. The van der Waals surface area contributed by atoms with Crippen LogP contribution in [0.1, 0.15) is 17.0 Å². The van der Waals surface area contributed by atoms with Crippen molar-refractivity contribution < 1.29 is 18.7 Å². The van der Waals surface area contributed by atoms with Crippen molar-refractivity contribution in [1.82, 2.24) is 10.3 Å². The van der Waals surface area contributed by atoms with Crippen molar-refractivity contribution in [1.29, 1.82) is 0 Å². The molecular weight excluding hydrogens is 390 g/mol. The minimum absolute atomic E-state index is 0.130. The van der Waals surface area contributed by atoms with Crippen LogP contribution in [0.15, 0.2) is 71.3 Å². The fraction of sp³-hybridized carbons (Fsp3) is 0.0952. The lowest BCUT2D eigenvalue weighted by molar-refractivity contribution is -0.116. The Bertz CT molecular complexity index is 1120. The molecular formula is C21H17N3O4S. The lowest BCUT2D eigenvalue weighted by Crippen LogP contribution is -2.27. The molecule has 2 aromatic heterocycles. The van der Waals surface area contributed by atoms with Gasteiger partial charge in [-0.25, -0.2) is 4.98 Å². The van der Waals surface area contributed by atoms with Crippen LogP contribution in [-0.4, -0.2) is 23.3 Å². The lowest BCUT2D eigenvalue weighted by Gasteiger charge is -2.04. The third-order valence-electron chi connectivity index (χ3n) is 3.97. The molecule has 0 aliphatic heterocycles. The predicted molar refractivity (Wildman–Crippen MR) is 110 cm³/mol. The maximum atomic E-state index is 12.1. The smallest absolute Gasteiger partial charge is 0.286 e. The summed E-state index contributed by atoms with van der Waals surface area (Å²) >= 11 is 1.36. The number of rotatable bonds is 7. The summed E-state index contributed by atoms with van der Waals surface area (Å²) in [4.78, 5) is 28.3.